The number of aromatic amines is 1. The van der Waals surface area contributed by atoms with E-state index >= 15 is 0 Å². The highest BCUT2D eigenvalue weighted by atomic mass is 16.5. The van der Waals surface area contributed by atoms with Gasteiger partial charge in [-0.05, 0) is 67.0 Å². The van der Waals surface area contributed by atoms with Gasteiger partial charge in [0.25, 0.3) is 0 Å². The van der Waals surface area contributed by atoms with Crippen molar-refractivity contribution < 1.29 is 9.53 Å². The van der Waals surface area contributed by atoms with Crippen LogP contribution in [-0.4, -0.2) is 46.2 Å². The van der Waals surface area contributed by atoms with Crippen LogP contribution in [0.25, 0.3) is 11.1 Å². The number of pyridine rings is 1. The molecular weight excluding hydrogens is 414 g/mol. The Kier molecular flexibility index (Phi) is 6.03. The third-order valence-electron chi connectivity index (χ3n) is 6.99. The fourth-order valence-corrected chi connectivity index (χ4v) is 5.14. The molecule has 1 fully saturated rings. The number of rotatable bonds is 6. The minimum atomic E-state index is 0.131. The quantitative estimate of drug-likeness (QED) is 0.591. The second-order valence-electron chi connectivity index (χ2n) is 9.07. The molecule has 0 saturated carbocycles. The number of methoxy groups -OCH3 is 1. The standard InChI is InChI=1S/C26H31N5O2/c1-17(32)31-10-8-21(16-31)26-23(15-29-30-26)20-7-9-27-25(13-20)28-14-22-11-18-5-3-4-6-19(18)12-24(22)33-2/h7,9,11-13,15,21H,3-6,8,10,14,16H2,1-2H3,(H,27,28)(H,29,30)/t21-/m0/s1. The molecule has 7 nitrogen and oxygen atoms in total. The highest BCUT2D eigenvalue weighted by Gasteiger charge is 2.28. The highest BCUT2D eigenvalue weighted by Crippen LogP contribution is 2.34. The molecule has 172 valence electrons. The van der Waals surface area contributed by atoms with Crippen molar-refractivity contribution >= 4 is 11.7 Å². The summed E-state index contributed by atoms with van der Waals surface area (Å²) in [7, 11) is 1.74. The van der Waals surface area contributed by atoms with Crippen LogP contribution in [-0.2, 0) is 24.2 Å². The first-order valence-corrected chi connectivity index (χ1v) is 11.8. The van der Waals surface area contributed by atoms with Crippen molar-refractivity contribution in [2.75, 3.05) is 25.5 Å². The Morgan fingerprint density at radius 1 is 1.24 bits per heavy atom. The molecule has 0 unspecified atom stereocenters. The van der Waals surface area contributed by atoms with E-state index < -0.39 is 0 Å². The molecule has 0 radical (unpaired) electrons. The van der Waals surface area contributed by atoms with Crippen molar-refractivity contribution in [3.05, 3.63) is 59.0 Å². The van der Waals surface area contributed by atoms with Crippen LogP contribution in [0.2, 0.25) is 0 Å². The molecule has 3 aromatic rings. The minimum Gasteiger partial charge on any atom is -0.496 e. The van der Waals surface area contributed by atoms with Crippen LogP contribution in [0.3, 0.4) is 0 Å². The number of likely N-dealkylation sites (tertiary alicyclic amines) is 1. The average molecular weight is 446 g/mol. The van der Waals surface area contributed by atoms with Gasteiger partial charge in [0.05, 0.1) is 13.3 Å². The summed E-state index contributed by atoms with van der Waals surface area (Å²) >= 11 is 0. The molecule has 1 aromatic carbocycles. The summed E-state index contributed by atoms with van der Waals surface area (Å²) in [5.41, 5.74) is 7.25. The zero-order valence-electron chi connectivity index (χ0n) is 19.4. The number of ether oxygens (including phenoxy) is 1. The van der Waals surface area contributed by atoms with Crippen molar-refractivity contribution in [2.24, 2.45) is 0 Å². The molecule has 1 saturated heterocycles. The number of hydrogen-bond donors (Lipinski definition) is 2. The number of nitrogens with one attached hydrogen (secondary N) is 2. The van der Waals surface area contributed by atoms with E-state index in [0.717, 1.165) is 66.3 Å². The van der Waals surface area contributed by atoms with E-state index in [4.69, 9.17) is 4.74 Å². The Hall–Kier alpha value is -3.35. The molecule has 3 heterocycles. The second-order valence-corrected chi connectivity index (χ2v) is 9.07. The molecule has 7 heteroatoms. The third-order valence-corrected chi connectivity index (χ3v) is 6.99. The van der Waals surface area contributed by atoms with Crippen molar-refractivity contribution in [3.63, 3.8) is 0 Å². The zero-order chi connectivity index (χ0) is 22.8. The van der Waals surface area contributed by atoms with E-state index in [0.29, 0.717) is 6.54 Å². The van der Waals surface area contributed by atoms with Crippen LogP contribution in [0.4, 0.5) is 5.82 Å². The van der Waals surface area contributed by atoms with Crippen molar-refractivity contribution in [1.29, 1.82) is 0 Å². The third kappa shape index (κ3) is 4.45. The summed E-state index contributed by atoms with van der Waals surface area (Å²) in [6, 6.07) is 8.58. The molecule has 2 N–H and O–H groups in total. The number of fused-ring (bicyclic) bond motifs is 1. The fourth-order valence-electron chi connectivity index (χ4n) is 5.14. The van der Waals surface area contributed by atoms with Crippen molar-refractivity contribution in [3.8, 4) is 16.9 Å². The topological polar surface area (TPSA) is 83.1 Å². The lowest BCUT2D eigenvalue weighted by Crippen LogP contribution is -2.25. The van der Waals surface area contributed by atoms with Gasteiger partial charge in [-0.2, -0.15) is 5.10 Å². The number of H-pyrrole nitrogens is 1. The molecule has 1 atom stereocenters. The number of anilines is 1. The Bertz CT molecular complexity index is 1160. The van der Waals surface area contributed by atoms with E-state index in [9.17, 15) is 4.79 Å². The predicted octanol–water partition coefficient (Wildman–Crippen LogP) is 4.31. The van der Waals surface area contributed by atoms with E-state index in [-0.39, 0.29) is 11.8 Å². The summed E-state index contributed by atoms with van der Waals surface area (Å²) < 4.78 is 5.68. The maximum Gasteiger partial charge on any atom is 0.219 e. The first kappa shape index (κ1) is 21.5. The molecule has 1 aliphatic heterocycles. The number of amides is 1. The molecule has 0 bridgehead atoms. The maximum atomic E-state index is 11.7. The lowest BCUT2D eigenvalue weighted by Gasteiger charge is -2.19. The Morgan fingerprint density at radius 2 is 2.06 bits per heavy atom. The van der Waals surface area contributed by atoms with E-state index in [2.05, 4.69) is 38.7 Å². The van der Waals surface area contributed by atoms with Gasteiger partial charge < -0.3 is 15.0 Å². The molecule has 1 amide bonds. The monoisotopic (exact) mass is 445 g/mol. The van der Waals surface area contributed by atoms with Gasteiger partial charge in [0, 0.05) is 55.5 Å². The molecule has 1 aliphatic carbocycles. The van der Waals surface area contributed by atoms with Gasteiger partial charge in [0.2, 0.25) is 5.91 Å². The number of aromatic nitrogens is 3. The first-order chi connectivity index (χ1) is 16.1. The number of carbonyl (C=O) groups is 1. The van der Waals surface area contributed by atoms with Gasteiger partial charge in [0.15, 0.2) is 0 Å². The summed E-state index contributed by atoms with van der Waals surface area (Å²) in [5, 5.41) is 11.0. The molecule has 0 spiro atoms. The summed E-state index contributed by atoms with van der Waals surface area (Å²) in [4.78, 5) is 18.2. The van der Waals surface area contributed by atoms with Crippen LogP contribution < -0.4 is 10.1 Å². The summed E-state index contributed by atoms with van der Waals surface area (Å²) in [5.74, 6) is 2.16. The van der Waals surface area contributed by atoms with Gasteiger partial charge in [-0.25, -0.2) is 4.98 Å². The lowest BCUT2D eigenvalue weighted by molar-refractivity contribution is -0.127. The minimum absolute atomic E-state index is 0.131. The first-order valence-electron chi connectivity index (χ1n) is 11.8. The largest absolute Gasteiger partial charge is 0.496 e. The Morgan fingerprint density at radius 3 is 2.82 bits per heavy atom. The highest BCUT2D eigenvalue weighted by molar-refractivity contribution is 5.74. The van der Waals surface area contributed by atoms with Crippen LogP contribution in [0.1, 0.15) is 54.5 Å². The Labute approximate surface area is 194 Å². The Balaban J connectivity index is 1.33. The van der Waals surface area contributed by atoms with Gasteiger partial charge in [-0.1, -0.05) is 6.07 Å². The lowest BCUT2D eigenvalue weighted by atomic mass is 9.90. The molecule has 2 aliphatic rings. The van der Waals surface area contributed by atoms with Crippen LogP contribution in [0.5, 0.6) is 5.75 Å². The zero-order valence-corrected chi connectivity index (χ0v) is 19.4. The van der Waals surface area contributed by atoms with E-state index in [1.165, 1.54) is 24.0 Å². The van der Waals surface area contributed by atoms with Gasteiger partial charge in [0.1, 0.15) is 11.6 Å². The molecular formula is C26H31N5O2. The summed E-state index contributed by atoms with van der Waals surface area (Å²) in [6.45, 7) is 3.82. The normalized spacial score (nSPS) is 17.6. The fraction of sp³-hybridized carbons (Fsp3) is 0.423. The van der Waals surface area contributed by atoms with E-state index in [1.54, 1.807) is 14.0 Å². The second kappa shape index (κ2) is 9.25. The van der Waals surface area contributed by atoms with Gasteiger partial charge in [-0.15, -0.1) is 0 Å². The molecule has 2 aromatic heterocycles. The molecule has 33 heavy (non-hydrogen) atoms. The number of aryl methyl sites for hydroxylation is 2. The number of nitrogens with zero attached hydrogens (tertiary/aromatic N) is 3. The smallest absolute Gasteiger partial charge is 0.219 e. The van der Waals surface area contributed by atoms with Crippen LogP contribution >= 0.6 is 0 Å². The number of carbonyl (C=O) groups excluding carboxylic acids is 1. The number of benzene rings is 1. The van der Waals surface area contributed by atoms with Crippen LogP contribution in [0.15, 0.2) is 36.7 Å². The van der Waals surface area contributed by atoms with Crippen molar-refractivity contribution in [2.45, 2.75) is 51.5 Å². The SMILES string of the molecule is COc1cc2c(cc1CNc1cc(-c3cn[nH]c3[C@H]3CCN(C(C)=O)C3)ccn1)CCCC2. The van der Waals surface area contributed by atoms with E-state index in [1.807, 2.05) is 23.4 Å². The average Bonchev–Trinajstić information content (AvgIpc) is 3.52. The summed E-state index contributed by atoms with van der Waals surface area (Å²) in [6.07, 6.45) is 9.45. The van der Waals surface area contributed by atoms with Crippen molar-refractivity contribution in [1.82, 2.24) is 20.1 Å². The van der Waals surface area contributed by atoms with Gasteiger partial charge in [-0.3, -0.25) is 9.89 Å². The maximum absolute atomic E-state index is 11.7. The number of hydrogen-bond acceptors (Lipinski definition) is 5. The molecule has 5 rings (SSSR count). The predicted molar refractivity (Wildman–Crippen MR) is 128 cm³/mol. The van der Waals surface area contributed by atoms with Gasteiger partial charge >= 0.3 is 0 Å². The van der Waals surface area contributed by atoms with Crippen LogP contribution in [0, 0.1) is 0 Å².